The number of hydrazone groups is 1. The van der Waals surface area contributed by atoms with Crippen LogP contribution < -0.4 is 5.43 Å². The first-order valence-electron chi connectivity index (χ1n) is 8.55. The van der Waals surface area contributed by atoms with E-state index >= 15 is 0 Å². The van der Waals surface area contributed by atoms with Gasteiger partial charge in [0.25, 0.3) is 5.91 Å². The first-order valence-corrected chi connectivity index (χ1v) is 8.55. The van der Waals surface area contributed by atoms with Crippen molar-refractivity contribution in [2.24, 2.45) is 5.10 Å². The predicted molar refractivity (Wildman–Crippen MR) is 98.2 cm³/mol. The summed E-state index contributed by atoms with van der Waals surface area (Å²) in [7, 11) is 0. The van der Waals surface area contributed by atoms with Crippen molar-refractivity contribution in [3.05, 3.63) is 65.5 Å². The maximum atomic E-state index is 11.9. The van der Waals surface area contributed by atoms with Gasteiger partial charge in [0.05, 0.1) is 5.71 Å². The summed E-state index contributed by atoms with van der Waals surface area (Å²) >= 11 is 0. The molecule has 0 aliphatic rings. The fraction of sp³-hybridized carbons (Fsp3) is 0.350. The topological polar surface area (TPSA) is 54.4 Å². The predicted octanol–water partition coefficient (Wildman–Crippen LogP) is 4.36. The Labute approximate surface area is 144 Å². The Hall–Kier alpha value is -2.49. The van der Waals surface area contributed by atoms with Crippen LogP contribution in [0.5, 0.6) is 0 Å². The second-order valence-electron chi connectivity index (χ2n) is 5.86. The summed E-state index contributed by atoms with van der Waals surface area (Å²) < 4.78 is 0. The zero-order valence-electron chi connectivity index (χ0n) is 14.5. The number of rotatable bonds is 8. The number of nitrogens with one attached hydrogen (secondary N) is 1. The Balaban J connectivity index is 1.89. The van der Waals surface area contributed by atoms with Crippen LogP contribution in [0.2, 0.25) is 0 Å². The molecule has 4 heteroatoms. The lowest BCUT2D eigenvalue weighted by Gasteiger charge is -2.05. The lowest BCUT2D eigenvalue weighted by Crippen LogP contribution is -2.20. The van der Waals surface area contributed by atoms with E-state index in [1.807, 2.05) is 6.92 Å². The maximum Gasteiger partial charge on any atom is 0.289 e. The molecule has 24 heavy (non-hydrogen) atoms. The Kier molecular flexibility index (Phi) is 7.15. The molecule has 1 aromatic carbocycles. The van der Waals surface area contributed by atoms with Crippen molar-refractivity contribution in [3.63, 3.8) is 0 Å². The fourth-order valence-electron chi connectivity index (χ4n) is 2.42. The molecule has 0 saturated heterocycles. The second kappa shape index (κ2) is 9.60. The largest absolute Gasteiger partial charge is 0.289 e. The summed E-state index contributed by atoms with van der Waals surface area (Å²) in [6.07, 6.45) is 7.80. The third-order valence-corrected chi connectivity index (χ3v) is 3.91. The maximum absolute atomic E-state index is 11.9. The Morgan fingerprint density at radius 1 is 1.08 bits per heavy atom. The molecule has 4 nitrogen and oxygen atoms in total. The lowest BCUT2D eigenvalue weighted by molar-refractivity contribution is 0.0950. The highest BCUT2D eigenvalue weighted by Gasteiger charge is 2.05. The van der Waals surface area contributed by atoms with Gasteiger partial charge in [0, 0.05) is 6.20 Å². The van der Waals surface area contributed by atoms with E-state index in [4.69, 9.17) is 0 Å². The van der Waals surface area contributed by atoms with Crippen molar-refractivity contribution in [1.29, 1.82) is 0 Å². The van der Waals surface area contributed by atoms with Gasteiger partial charge in [-0.3, -0.25) is 9.78 Å². The number of carbonyl (C=O) groups is 1. The van der Waals surface area contributed by atoms with Gasteiger partial charge in [-0.1, -0.05) is 56.5 Å². The molecule has 0 atom stereocenters. The van der Waals surface area contributed by atoms with E-state index in [0.29, 0.717) is 5.69 Å². The van der Waals surface area contributed by atoms with Crippen molar-refractivity contribution >= 4 is 11.6 Å². The molecular formula is C20H25N3O. The standard InChI is InChI=1S/C20H25N3O/c1-3-4-5-6-9-17-11-13-18(14-12-17)16(2)22-23-20(24)19-10-7-8-15-21-19/h7-8,10-15H,3-6,9H2,1-2H3,(H,23,24)/b22-16-. The smallest absolute Gasteiger partial charge is 0.266 e. The SMILES string of the molecule is CCCCCCc1ccc(/C(C)=N\NC(=O)c2ccccn2)cc1. The van der Waals surface area contributed by atoms with Gasteiger partial charge in [-0.15, -0.1) is 0 Å². The molecular weight excluding hydrogens is 298 g/mol. The monoisotopic (exact) mass is 323 g/mol. The van der Waals surface area contributed by atoms with Crippen molar-refractivity contribution in [2.45, 2.75) is 46.0 Å². The normalized spacial score (nSPS) is 11.3. The van der Waals surface area contributed by atoms with Crippen LogP contribution in [0.25, 0.3) is 0 Å². The van der Waals surface area contributed by atoms with Crippen molar-refractivity contribution in [1.82, 2.24) is 10.4 Å². The van der Waals surface area contributed by atoms with E-state index in [1.54, 1.807) is 24.4 Å². The van der Waals surface area contributed by atoms with Gasteiger partial charge in [0.15, 0.2) is 0 Å². The fourth-order valence-corrected chi connectivity index (χ4v) is 2.42. The summed E-state index contributed by atoms with van der Waals surface area (Å²) in [6, 6.07) is 13.6. The summed E-state index contributed by atoms with van der Waals surface area (Å²) in [5.74, 6) is -0.303. The molecule has 0 unspecified atom stereocenters. The van der Waals surface area contributed by atoms with Crippen LogP contribution in [0, 0.1) is 0 Å². The van der Waals surface area contributed by atoms with Gasteiger partial charge in [-0.05, 0) is 43.0 Å². The number of unbranched alkanes of at least 4 members (excludes halogenated alkanes) is 3. The molecule has 0 bridgehead atoms. The minimum atomic E-state index is -0.303. The molecule has 0 aliphatic heterocycles. The zero-order chi connectivity index (χ0) is 17.2. The van der Waals surface area contributed by atoms with Crippen molar-refractivity contribution in [3.8, 4) is 0 Å². The summed E-state index contributed by atoms with van der Waals surface area (Å²) in [4.78, 5) is 15.9. The number of hydrogen-bond donors (Lipinski definition) is 1. The molecule has 0 radical (unpaired) electrons. The van der Waals surface area contributed by atoms with Gasteiger partial charge >= 0.3 is 0 Å². The molecule has 2 aromatic rings. The van der Waals surface area contributed by atoms with E-state index in [2.05, 4.69) is 46.7 Å². The van der Waals surface area contributed by atoms with Crippen molar-refractivity contribution in [2.75, 3.05) is 0 Å². The molecule has 0 aliphatic carbocycles. The number of pyridine rings is 1. The number of aromatic nitrogens is 1. The van der Waals surface area contributed by atoms with Crippen LogP contribution in [-0.2, 0) is 6.42 Å². The van der Waals surface area contributed by atoms with Gasteiger partial charge < -0.3 is 0 Å². The van der Waals surface area contributed by atoms with Gasteiger partial charge in [-0.25, -0.2) is 5.43 Å². The highest BCUT2D eigenvalue weighted by atomic mass is 16.2. The number of aryl methyl sites for hydroxylation is 1. The molecule has 0 spiro atoms. The zero-order valence-corrected chi connectivity index (χ0v) is 14.5. The van der Waals surface area contributed by atoms with Crippen LogP contribution in [0.3, 0.4) is 0 Å². The van der Waals surface area contributed by atoms with E-state index < -0.39 is 0 Å². The number of hydrogen-bond acceptors (Lipinski definition) is 3. The summed E-state index contributed by atoms with van der Waals surface area (Å²) in [5.41, 5.74) is 6.03. The van der Waals surface area contributed by atoms with Gasteiger partial charge in [0.1, 0.15) is 5.69 Å². The van der Waals surface area contributed by atoms with Gasteiger partial charge in [0.2, 0.25) is 0 Å². The molecule has 1 aromatic heterocycles. The van der Waals surface area contributed by atoms with E-state index in [1.165, 1.54) is 31.2 Å². The van der Waals surface area contributed by atoms with Crippen LogP contribution >= 0.6 is 0 Å². The molecule has 0 saturated carbocycles. The Morgan fingerprint density at radius 2 is 1.88 bits per heavy atom. The van der Waals surface area contributed by atoms with Crippen LogP contribution in [-0.4, -0.2) is 16.6 Å². The first kappa shape index (κ1) is 17.9. The quantitative estimate of drug-likeness (QED) is 0.446. The Bertz CT molecular complexity index is 663. The van der Waals surface area contributed by atoms with Crippen LogP contribution in [0.15, 0.2) is 53.8 Å². The number of carbonyl (C=O) groups excluding carboxylic acids is 1. The highest BCUT2D eigenvalue weighted by Crippen LogP contribution is 2.10. The molecule has 2 rings (SSSR count). The molecule has 1 N–H and O–H groups in total. The average Bonchev–Trinajstić information content (AvgIpc) is 2.64. The minimum absolute atomic E-state index is 0.303. The number of nitrogens with zero attached hydrogens (tertiary/aromatic N) is 2. The number of amides is 1. The average molecular weight is 323 g/mol. The van der Waals surface area contributed by atoms with Gasteiger partial charge in [-0.2, -0.15) is 5.10 Å². The minimum Gasteiger partial charge on any atom is -0.266 e. The highest BCUT2D eigenvalue weighted by molar-refractivity contribution is 6.00. The van der Waals surface area contributed by atoms with E-state index in [-0.39, 0.29) is 5.91 Å². The number of benzene rings is 1. The van der Waals surface area contributed by atoms with E-state index in [0.717, 1.165) is 17.7 Å². The van der Waals surface area contributed by atoms with Crippen molar-refractivity contribution < 1.29 is 4.79 Å². The third kappa shape index (κ3) is 5.61. The first-order chi connectivity index (χ1) is 11.7. The van der Waals surface area contributed by atoms with Crippen LogP contribution in [0.4, 0.5) is 0 Å². The van der Waals surface area contributed by atoms with Crippen LogP contribution in [0.1, 0.15) is 61.1 Å². The molecule has 126 valence electrons. The molecule has 1 heterocycles. The summed E-state index contributed by atoms with van der Waals surface area (Å²) in [5, 5.41) is 4.16. The summed E-state index contributed by atoms with van der Waals surface area (Å²) in [6.45, 7) is 4.11. The molecule has 0 fully saturated rings. The second-order valence-corrected chi connectivity index (χ2v) is 5.86. The van der Waals surface area contributed by atoms with E-state index in [9.17, 15) is 4.79 Å². The lowest BCUT2D eigenvalue weighted by atomic mass is 10.0. The molecule has 1 amide bonds. The Morgan fingerprint density at radius 3 is 2.54 bits per heavy atom. The third-order valence-electron chi connectivity index (χ3n) is 3.91.